The third-order valence-corrected chi connectivity index (χ3v) is 6.47. The summed E-state index contributed by atoms with van der Waals surface area (Å²) in [6, 6.07) is 5.11. The van der Waals surface area contributed by atoms with Crippen LogP contribution in [0, 0.1) is 0 Å². The highest BCUT2D eigenvalue weighted by Crippen LogP contribution is 2.28. The Kier molecular flexibility index (Phi) is 5.10. The van der Waals surface area contributed by atoms with E-state index in [9.17, 15) is 13.2 Å². The summed E-state index contributed by atoms with van der Waals surface area (Å²) in [6.45, 7) is 4.29. The normalized spacial score (nSPS) is 18.8. The molecule has 1 aromatic rings. The summed E-state index contributed by atoms with van der Waals surface area (Å²) < 4.78 is 32.7. The van der Waals surface area contributed by atoms with Gasteiger partial charge in [0.05, 0.1) is 11.5 Å². The lowest BCUT2D eigenvalue weighted by Gasteiger charge is -2.34. The van der Waals surface area contributed by atoms with Gasteiger partial charge in [-0.25, -0.2) is 8.42 Å². The van der Waals surface area contributed by atoms with Gasteiger partial charge >= 0.3 is 0 Å². The number of nitrogens with zero attached hydrogens (tertiary/aromatic N) is 2. The fourth-order valence-corrected chi connectivity index (χ4v) is 4.67. The summed E-state index contributed by atoms with van der Waals surface area (Å²) >= 11 is 0. The highest BCUT2D eigenvalue weighted by molar-refractivity contribution is 7.89. The van der Waals surface area contributed by atoms with E-state index in [1.165, 1.54) is 4.31 Å². The molecule has 2 aliphatic heterocycles. The van der Waals surface area contributed by atoms with E-state index in [0.717, 1.165) is 30.6 Å². The minimum atomic E-state index is -3.52. The van der Waals surface area contributed by atoms with Gasteiger partial charge in [0.15, 0.2) is 0 Å². The summed E-state index contributed by atoms with van der Waals surface area (Å²) in [5.41, 5.74) is 0.957. The Morgan fingerprint density at radius 1 is 1.21 bits per heavy atom. The molecule has 2 heterocycles. The number of ether oxygens (including phenoxy) is 1. The van der Waals surface area contributed by atoms with Gasteiger partial charge in [0.2, 0.25) is 15.9 Å². The van der Waals surface area contributed by atoms with Crippen LogP contribution >= 0.6 is 0 Å². The lowest BCUT2D eigenvalue weighted by atomic mass is 10.1. The lowest BCUT2D eigenvalue weighted by molar-refractivity contribution is -0.132. The summed E-state index contributed by atoms with van der Waals surface area (Å²) in [6.07, 6.45) is 3.10. The first-order valence-corrected chi connectivity index (χ1v) is 10.00. The number of piperazine rings is 1. The van der Waals surface area contributed by atoms with Crippen molar-refractivity contribution in [1.29, 1.82) is 0 Å². The monoisotopic (exact) mass is 352 g/mol. The number of carbonyl (C=O) groups excluding carboxylic acids is 1. The molecule has 0 aliphatic carbocycles. The van der Waals surface area contributed by atoms with Crippen molar-refractivity contribution in [3.05, 3.63) is 23.8 Å². The van der Waals surface area contributed by atoms with E-state index in [-0.39, 0.29) is 5.91 Å². The van der Waals surface area contributed by atoms with Crippen LogP contribution in [-0.4, -0.2) is 56.3 Å². The van der Waals surface area contributed by atoms with Gasteiger partial charge in [-0.3, -0.25) is 4.79 Å². The number of amides is 1. The molecule has 0 saturated carbocycles. The van der Waals surface area contributed by atoms with Gasteiger partial charge in [0.25, 0.3) is 0 Å². The Balaban J connectivity index is 1.71. The predicted molar refractivity (Wildman–Crippen MR) is 90.5 cm³/mol. The molecule has 132 valence electrons. The Morgan fingerprint density at radius 3 is 2.67 bits per heavy atom. The van der Waals surface area contributed by atoms with Crippen LogP contribution in [0.3, 0.4) is 0 Å². The maximum absolute atomic E-state index is 12.9. The molecule has 7 heteroatoms. The number of carbonyl (C=O) groups is 1. The minimum Gasteiger partial charge on any atom is -0.493 e. The van der Waals surface area contributed by atoms with E-state index < -0.39 is 10.0 Å². The topological polar surface area (TPSA) is 66.9 Å². The zero-order valence-electron chi connectivity index (χ0n) is 14.0. The highest BCUT2D eigenvalue weighted by Gasteiger charge is 2.30. The van der Waals surface area contributed by atoms with Crippen molar-refractivity contribution >= 4 is 15.9 Å². The molecule has 1 fully saturated rings. The largest absolute Gasteiger partial charge is 0.493 e. The molecule has 0 radical (unpaired) electrons. The van der Waals surface area contributed by atoms with Crippen LogP contribution in [0.4, 0.5) is 0 Å². The first kappa shape index (κ1) is 17.2. The van der Waals surface area contributed by atoms with Gasteiger partial charge in [0.1, 0.15) is 5.75 Å². The van der Waals surface area contributed by atoms with E-state index in [2.05, 4.69) is 0 Å². The van der Waals surface area contributed by atoms with Crippen LogP contribution in [0.2, 0.25) is 0 Å². The number of sulfonamides is 1. The molecule has 24 heavy (non-hydrogen) atoms. The van der Waals surface area contributed by atoms with Crippen LogP contribution in [-0.2, 0) is 21.2 Å². The summed E-state index contributed by atoms with van der Waals surface area (Å²) in [4.78, 5) is 14.0. The van der Waals surface area contributed by atoms with Gasteiger partial charge in [0, 0.05) is 32.6 Å². The molecule has 2 aliphatic rings. The van der Waals surface area contributed by atoms with Gasteiger partial charge in [-0.05, 0) is 43.0 Å². The number of hydrogen-bond donors (Lipinski definition) is 0. The van der Waals surface area contributed by atoms with Gasteiger partial charge in [-0.15, -0.1) is 0 Å². The highest BCUT2D eigenvalue weighted by atomic mass is 32.2. The van der Waals surface area contributed by atoms with E-state index in [1.54, 1.807) is 23.1 Å². The Hall–Kier alpha value is -1.60. The molecule has 6 nitrogen and oxygen atoms in total. The second-order valence-corrected chi connectivity index (χ2v) is 8.19. The zero-order chi connectivity index (χ0) is 17.2. The van der Waals surface area contributed by atoms with Gasteiger partial charge in [-0.1, -0.05) is 6.92 Å². The van der Waals surface area contributed by atoms with Crippen LogP contribution in [0.1, 0.15) is 31.7 Å². The first-order chi connectivity index (χ1) is 11.5. The van der Waals surface area contributed by atoms with Crippen LogP contribution < -0.4 is 4.74 Å². The molecule has 1 aromatic carbocycles. The second-order valence-electron chi connectivity index (χ2n) is 6.26. The van der Waals surface area contributed by atoms with E-state index in [0.29, 0.717) is 44.1 Å². The first-order valence-electron chi connectivity index (χ1n) is 8.56. The number of hydrogen-bond acceptors (Lipinski definition) is 4. The summed E-state index contributed by atoms with van der Waals surface area (Å²) in [5.74, 6) is 0.899. The predicted octanol–water partition coefficient (Wildman–Crippen LogP) is 1.64. The number of fused-ring (bicyclic) bond motifs is 1. The number of aryl methyl sites for hydroxylation is 1. The summed E-state index contributed by atoms with van der Waals surface area (Å²) in [7, 11) is -3.52. The van der Waals surface area contributed by atoms with E-state index >= 15 is 0 Å². The minimum absolute atomic E-state index is 0.112. The van der Waals surface area contributed by atoms with Crippen LogP contribution in [0.15, 0.2) is 23.1 Å². The van der Waals surface area contributed by atoms with Crippen molar-refractivity contribution in [2.75, 3.05) is 32.8 Å². The zero-order valence-corrected chi connectivity index (χ0v) is 14.8. The third-order valence-electron chi connectivity index (χ3n) is 4.57. The maximum Gasteiger partial charge on any atom is 0.243 e. The van der Waals surface area contributed by atoms with E-state index in [1.807, 2.05) is 6.92 Å². The third kappa shape index (κ3) is 3.42. The number of rotatable bonds is 4. The molecule has 0 N–H and O–H groups in total. The molecule has 0 aromatic heterocycles. The molecule has 1 saturated heterocycles. The average molecular weight is 352 g/mol. The fourth-order valence-electron chi connectivity index (χ4n) is 3.20. The standard InChI is InChI=1S/C17H24N2O4S/c1-2-4-17(20)18-8-10-19(11-9-18)24(21,22)15-6-7-16-14(13-15)5-3-12-23-16/h6-7,13H,2-5,8-12H2,1H3. The SMILES string of the molecule is CCCC(=O)N1CCN(S(=O)(=O)c2ccc3c(c2)CCCO3)CC1. The summed E-state index contributed by atoms with van der Waals surface area (Å²) in [5, 5.41) is 0. The van der Waals surface area contributed by atoms with Crippen molar-refractivity contribution in [3.63, 3.8) is 0 Å². The van der Waals surface area contributed by atoms with Gasteiger partial charge in [-0.2, -0.15) is 4.31 Å². The lowest BCUT2D eigenvalue weighted by Crippen LogP contribution is -2.50. The average Bonchev–Trinajstić information content (AvgIpc) is 2.61. The fraction of sp³-hybridized carbons (Fsp3) is 0.588. The molecule has 0 spiro atoms. The Labute approximate surface area is 143 Å². The molecule has 0 unspecified atom stereocenters. The molecule has 3 rings (SSSR count). The molecular weight excluding hydrogens is 328 g/mol. The van der Waals surface area contributed by atoms with Crippen LogP contribution in [0.25, 0.3) is 0 Å². The molecule has 0 atom stereocenters. The van der Waals surface area contributed by atoms with Crippen molar-refractivity contribution in [2.24, 2.45) is 0 Å². The Bertz CT molecular complexity index is 709. The second kappa shape index (κ2) is 7.11. The van der Waals surface area contributed by atoms with Gasteiger partial charge < -0.3 is 9.64 Å². The number of benzene rings is 1. The Morgan fingerprint density at radius 2 is 1.96 bits per heavy atom. The quantitative estimate of drug-likeness (QED) is 0.826. The molecular formula is C17H24N2O4S. The van der Waals surface area contributed by atoms with Crippen molar-refractivity contribution < 1.29 is 17.9 Å². The van der Waals surface area contributed by atoms with Crippen LogP contribution in [0.5, 0.6) is 5.75 Å². The molecule has 0 bridgehead atoms. The van der Waals surface area contributed by atoms with Crippen molar-refractivity contribution in [1.82, 2.24) is 9.21 Å². The molecule has 1 amide bonds. The van der Waals surface area contributed by atoms with Crippen molar-refractivity contribution in [3.8, 4) is 5.75 Å². The van der Waals surface area contributed by atoms with Crippen molar-refractivity contribution in [2.45, 2.75) is 37.5 Å². The maximum atomic E-state index is 12.9. The van der Waals surface area contributed by atoms with E-state index in [4.69, 9.17) is 4.74 Å². The smallest absolute Gasteiger partial charge is 0.243 e.